The van der Waals surface area contributed by atoms with Crippen LogP contribution in [0.15, 0.2) is 59.1 Å². The van der Waals surface area contributed by atoms with Gasteiger partial charge in [0.25, 0.3) is 5.91 Å². The van der Waals surface area contributed by atoms with Gasteiger partial charge >= 0.3 is 0 Å². The van der Waals surface area contributed by atoms with Crippen LogP contribution in [0.25, 0.3) is 5.76 Å². The van der Waals surface area contributed by atoms with Crippen LogP contribution in [0, 0.1) is 0 Å². The van der Waals surface area contributed by atoms with Crippen LogP contribution < -0.4 is 5.32 Å². The van der Waals surface area contributed by atoms with Gasteiger partial charge in [0.05, 0.1) is 10.7 Å². The molecule has 0 radical (unpaired) electrons. The zero-order chi connectivity index (χ0) is 19.3. The topological polar surface area (TPSA) is 61.7 Å². The maximum absolute atomic E-state index is 12.7. The van der Waals surface area contributed by atoms with Crippen molar-refractivity contribution < 1.29 is 9.90 Å². The molecule has 0 aromatic heterocycles. The van der Waals surface area contributed by atoms with E-state index in [4.69, 9.17) is 23.2 Å². The van der Waals surface area contributed by atoms with E-state index in [2.05, 4.69) is 10.3 Å². The Hall–Kier alpha value is -2.30. The van der Waals surface area contributed by atoms with Crippen LogP contribution in [0.2, 0.25) is 10.0 Å². The second-order valence-electron chi connectivity index (χ2n) is 6.68. The first kappa shape index (κ1) is 20.0. The summed E-state index contributed by atoms with van der Waals surface area (Å²) in [5, 5.41) is 14.4. The number of carbonyl (C=O) groups excluding carboxylic acids is 1. The molecule has 1 amide bonds. The Kier molecular flexibility index (Phi) is 6.46. The highest BCUT2D eigenvalue weighted by molar-refractivity contribution is 6.33. The first-order valence-corrected chi connectivity index (χ1v) is 8.73. The summed E-state index contributed by atoms with van der Waals surface area (Å²) < 4.78 is 0. The van der Waals surface area contributed by atoms with Gasteiger partial charge in [-0.1, -0.05) is 35.3 Å². The number of nitrogens with zero attached hydrogens (tertiary/aromatic N) is 1. The molecule has 0 bridgehead atoms. The molecule has 0 atom stereocenters. The zero-order valence-electron chi connectivity index (χ0n) is 14.8. The molecular weight excluding hydrogens is 371 g/mol. The molecule has 26 heavy (non-hydrogen) atoms. The van der Waals surface area contributed by atoms with E-state index < -0.39 is 11.4 Å². The van der Waals surface area contributed by atoms with Crippen molar-refractivity contribution in [1.82, 2.24) is 5.32 Å². The summed E-state index contributed by atoms with van der Waals surface area (Å²) in [6.07, 6.45) is 1.32. The molecule has 6 heteroatoms. The standard InChI is InChI=1S/C20H20Cl2N2O2/c1-20(2,3)24-19(26)16(12-23-14-10-8-13(21)9-11-14)18(25)15-6-4-5-7-17(15)22/h4-12,25H,1-3H3,(H,24,26)/b18-16-,23-12?. The molecule has 0 aliphatic carbocycles. The fourth-order valence-electron chi connectivity index (χ4n) is 2.10. The number of hydrogen-bond donors (Lipinski definition) is 2. The van der Waals surface area contributed by atoms with E-state index in [1.54, 1.807) is 48.5 Å². The minimum atomic E-state index is -0.475. The average Bonchev–Trinajstić information content (AvgIpc) is 2.55. The van der Waals surface area contributed by atoms with Gasteiger partial charge in [0.1, 0.15) is 11.3 Å². The Morgan fingerprint density at radius 3 is 2.27 bits per heavy atom. The average molecular weight is 391 g/mol. The van der Waals surface area contributed by atoms with Gasteiger partial charge in [-0.2, -0.15) is 0 Å². The zero-order valence-corrected chi connectivity index (χ0v) is 16.3. The minimum Gasteiger partial charge on any atom is -0.506 e. The molecule has 2 rings (SSSR count). The van der Waals surface area contributed by atoms with E-state index in [1.165, 1.54) is 6.21 Å². The lowest BCUT2D eigenvalue weighted by Gasteiger charge is -2.21. The molecule has 0 saturated carbocycles. The molecule has 0 fully saturated rings. The minimum absolute atomic E-state index is 0.0166. The summed E-state index contributed by atoms with van der Waals surface area (Å²) >= 11 is 12.0. The maximum Gasteiger partial charge on any atom is 0.257 e. The third-order valence-electron chi connectivity index (χ3n) is 3.29. The quantitative estimate of drug-likeness (QED) is 0.406. The number of aliphatic hydroxyl groups excluding tert-OH is 1. The summed E-state index contributed by atoms with van der Waals surface area (Å²) in [4.78, 5) is 16.9. The van der Waals surface area contributed by atoms with Crippen LogP contribution in [0.1, 0.15) is 26.3 Å². The third-order valence-corrected chi connectivity index (χ3v) is 3.87. The molecule has 2 aromatic rings. The van der Waals surface area contributed by atoms with Gasteiger partial charge < -0.3 is 10.4 Å². The van der Waals surface area contributed by atoms with Crippen LogP contribution in [0.4, 0.5) is 5.69 Å². The van der Waals surface area contributed by atoms with Crippen molar-refractivity contribution in [1.29, 1.82) is 0 Å². The third kappa shape index (κ3) is 5.61. The fourth-order valence-corrected chi connectivity index (χ4v) is 2.45. The highest BCUT2D eigenvalue weighted by atomic mass is 35.5. The number of carbonyl (C=O) groups is 1. The molecule has 4 nitrogen and oxygen atoms in total. The van der Waals surface area contributed by atoms with Crippen molar-refractivity contribution in [2.24, 2.45) is 4.99 Å². The Morgan fingerprint density at radius 2 is 1.69 bits per heavy atom. The molecule has 2 N–H and O–H groups in total. The summed E-state index contributed by atoms with van der Waals surface area (Å²) in [5.74, 6) is -0.692. The summed E-state index contributed by atoms with van der Waals surface area (Å²) in [6, 6.07) is 13.6. The molecule has 0 aliphatic heterocycles. The number of aliphatic imine (C=N–C) groups is 1. The number of benzene rings is 2. The van der Waals surface area contributed by atoms with E-state index in [0.29, 0.717) is 21.3 Å². The van der Waals surface area contributed by atoms with Crippen LogP contribution in [-0.2, 0) is 4.79 Å². The Labute approximate surface area is 163 Å². The van der Waals surface area contributed by atoms with E-state index in [9.17, 15) is 9.90 Å². The van der Waals surface area contributed by atoms with Crippen molar-refractivity contribution in [2.75, 3.05) is 0 Å². The van der Waals surface area contributed by atoms with Gasteiger partial charge in [0.15, 0.2) is 0 Å². The molecule has 0 heterocycles. The normalized spacial score (nSPS) is 12.8. The number of halogens is 2. The van der Waals surface area contributed by atoms with Crippen LogP contribution in [0.3, 0.4) is 0 Å². The predicted molar refractivity (Wildman–Crippen MR) is 109 cm³/mol. The molecule has 2 aromatic carbocycles. The lowest BCUT2D eigenvalue weighted by molar-refractivity contribution is -0.118. The first-order chi connectivity index (χ1) is 12.2. The number of amides is 1. The summed E-state index contributed by atoms with van der Waals surface area (Å²) in [6.45, 7) is 5.56. The maximum atomic E-state index is 12.7. The largest absolute Gasteiger partial charge is 0.506 e. The monoisotopic (exact) mass is 390 g/mol. The van der Waals surface area contributed by atoms with Gasteiger partial charge in [0.2, 0.25) is 0 Å². The van der Waals surface area contributed by atoms with E-state index in [1.807, 2.05) is 20.8 Å². The second-order valence-corrected chi connectivity index (χ2v) is 7.52. The van der Waals surface area contributed by atoms with Crippen molar-refractivity contribution >= 4 is 46.8 Å². The lowest BCUT2D eigenvalue weighted by Crippen LogP contribution is -2.41. The van der Waals surface area contributed by atoms with Crippen molar-refractivity contribution in [3.05, 3.63) is 69.7 Å². The molecule has 136 valence electrons. The van der Waals surface area contributed by atoms with Gasteiger partial charge in [-0.3, -0.25) is 9.79 Å². The number of aliphatic hydroxyl groups is 1. The molecular formula is C20H20Cl2N2O2. The van der Waals surface area contributed by atoms with E-state index in [0.717, 1.165) is 0 Å². The number of rotatable bonds is 4. The number of hydrogen-bond acceptors (Lipinski definition) is 3. The Morgan fingerprint density at radius 1 is 1.08 bits per heavy atom. The van der Waals surface area contributed by atoms with Crippen LogP contribution in [0.5, 0.6) is 0 Å². The predicted octanol–water partition coefficient (Wildman–Crippen LogP) is 5.58. The molecule has 0 spiro atoms. The van der Waals surface area contributed by atoms with Crippen LogP contribution in [-0.4, -0.2) is 22.8 Å². The molecule has 0 unspecified atom stereocenters. The van der Waals surface area contributed by atoms with Gasteiger partial charge in [-0.15, -0.1) is 0 Å². The van der Waals surface area contributed by atoms with E-state index >= 15 is 0 Å². The highest BCUT2D eigenvalue weighted by Crippen LogP contribution is 2.25. The first-order valence-electron chi connectivity index (χ1n) is 7.97. The SMILES string of the molecule is CC(C)(C)NC(=O)/C(C=Nc1ccc(Cl)cc1)=C(\O)c1ccccc1Cl. The van der Waals surface area contributed by atoms with Crippen molar-refractivity contribution in [3.63, 3.8) is 0 Å². The van der Waals surface area contributed by atoms with Crippen molar-refractivity contribution in [3.8, 4) is 0 Å². The highest BCUT2D eigenvalue weighted by Gasteiger charge is 2.21. The van der Waals surface area contributed by atoms with Crippen LogP contribution >= 0.6 is 23.2 Å². The smallest absolute Gasteiger partial charge is 0.257 e. The molecule has 0 aliphatic rings. The lowest BCUT2D eigenvalue weighted by atomic mass is 10.1. The summed E-state index contributed by atoms with van der Waals surface area (Å²) in [7, 11) is 0. The van der Waals surface area contributed by atoms with Gasteiger partial charge in [-0.25, -0.2) is 0 Å². The van der Waals surface area contributed by atoms with Crippen molar-refractivity contribution in [2.45, 2.75) is 26.3 Å². The van der Waals surface area contributed by atoms with Gasteiger partial charge in [-0.05, 0) is 57.2 Å². The Bertz CT molecular complexity index is 851. The van der Waals surface area contributed by atoms with E-state index in [-0.39, 0.29) is 11.3 Å². The molecule has 0 saturated heterocycles. The van der Waals surface area contributed by atoms with Gasteiger partial charge in [0, 0.05) is 22.3 Å². The fraction of sp³-hybridized carbons (Fsp3) is 0.200. The summed E-state index contributed by atoms with van der Waals surface area (Å²) in [5.41, 5.74) is 0.498. The second kappa shape index (κ2) is 8.39. The number of nitrogens with one attached hydrogen (secondary N) is 1. The Balaban J connectivity index is 2.48.